The average Bonchev–Trinajstić information content (AvgIpc) is 2.39. The van der Waals surface area contributed by atoms with Gasteiger partial charge in [0.1, 0.15) is 0 Å². The number of halogens is 1. The second-order valence-corrected chi connectivity index (χ2v) is 5.13. The van der Waals surface area contributed by atoms with Gasteiger partial charge >= 0.3 is 0 Å². The Kier molecular flexibility index (Phi) is 4.20. The van der Waals surface area contributed by atoms with E-state index in [-0.39, 0.29) is 0 Å². The van der Waals surface area contributed by atoms with Gasteiger partial charge in [-0.2, -0.15) is 4.98 Å². The third-order valence-corrected chi connectivity index (χ3v) is 3.79. The SMILES string of the molecule is CCC1CCCCN1c1ncc(Br)c(OC)n1. The molecule has 1 atom stereocenters. The molecule has 0 amide bonds. The summed E-state index contributed by atoms with van der Waals surface area (Å²) in [5.41, 5.74) is 0. The van der Waals surface area contributed by atoms with Gasteiger partial charge in [-0.05, 0) is 41.6 Å². The number of anilines is 1. The number of nitrogens with zero attached hydrogens (tertiary/aromatic N) is 3. The zero-order valence-corrected chi connectivity index (χ0v) is 11.9. The predicted molar refractivity (Wildman–Crippen MR) is 71.6 cm³/mol. The van der Waals surface area contributed by atoms with Gasteiger partial charge in [0.2, 0.25) is 11.8 Å². The van der Waals surface area contributed by atoms with Gasteiger partial charge in [-0.1, -0.05) is 6.92 Å². The van der Waals surface area contributed by atoms with Crippen molar-refractivity contribution in [1.82, 2.24) is 9.97 Å². The zero-order chi connectivity index (χ0) is 12.3. The van der Waals surface area contributed by atoms with Crippen molar-refractivity contribution in [3.8, 4) is 5.88 Å². The van der Waals surface area contributed by atoms with Crippen molar-refractivity contribution in [3.63, 3.8) is 0 Å². The molecule has 1 aromatic rings. The molecule has 2 heterocycles. The Morgan fingerprint density at radius 1 is 1.53 bits per heavy atom. The topological polar surface area (TPSA) is 38.2 Å². The van der Waals surface area contributed by atoms with Crippen LogP contribution in [0.25, 0.3) is 0 Å². The van der Waals surface area contributed by atoms with Gasteiger partial charge in [-0.15, -0.1) is 0 Å². The van der Waals surface area contributed by atoms with Gasteiger partial charge in [0.05, 0.1) is 17.8 Å². The summed E-state index contributed by atoms with van der Waals surface area (Å²) in [5, 5.41) is 0. The maximum Gasteiger partial charge on any atom is 0.232 e. The van der Waals surface area contributed by atoms with Crippen molar-refractivity contribution in [2.75, 3.05) is 18.6 Å². The fourth-order valence-electron chi connectivity index (χ4n) is 2.31. The first kappa shape index (κ1) is 12.6. The predicted octanol–water partition coefficient (Wildman–Crippen LogP) is 3.02. The van der Waals surface area contributed by atoms with Crippen LogP contribution in [0.3, 0.4) is 0 Å². The first-order valence-corrected chi connectivity index (χ1v) is 6.88. The van der Waals surface area contributed by atoms with Crippen LogP contribution in [0.1, 0.15) is 32.6 Å². The van der Waals surface area contributed by atoms with Crippen molar-refractivity contribution in [2.24, 2.45) is 0 Å². The molecular weight excluding hydrogens is 282 g/mol. The van der Waals surface area contributed by atoms with E-state index in [0.29, 0.717) is 11.9 Å². The molecule has 5 heteroatoms. The van der Waals surface area contributed by atoms with E-state index >= 15 is 0 Å². The van der Waals surface area contributed by atoms with E-state index in [1.54, 1.807) is 13.3 Å². The summed E-state index contributed by atoms with van der Waals surface area (Å²) in [6, 6.07) is 0.564. The lowest BCUT2D eigenvalue weighted by atomic mass is 10.0. The lowest BCUT2D eigenvalue weighted by molar-refractivity contribution is 0.389. The van der Waals surface area contributed by atoms with E-state index in [9.17, 15) is 0 Å². The van der Waals surface area contributed by atoms with Gasteiger partial charge in [0.25, 0.3) is 0 Å². The second-order valence-electron chi connectivity index (χ2n) is 4.28. The highest BCUT2D eigenvalue weighted by atomic mass is 79.9. The lowest BCUT2D eigenvalue weighted by Crippen LogP contribution is -2.40. The van der Waals surface area contributed by atoms with Crippen LogP contribution in [0.15, 0.2) is 10.7 Å². The number of hydrogen-bond donors (Lipinski definition) is 0. The van der Waals surface area contributed by atoms with Crippen LogP contribution >= 0.6 is 15.9 Å². The van der Waals surface area contributed by atoms with Gasteiger partial charge < -0.3 is 9.64 Å². The van der Waals surface area contributed by atoms with Crippen molar-refractivity contribution in [2.45, 2.75) is 38.6 Å². The van der Waals surface area contributed by atoms with Gasteiger partial charge in [-0.25, -0.2) is 4.98 Å². The van der Waals surface area contributed by atoms with Crippen molar-refractivity contribution < 1.29 is 4.74 Å². The van der Waals surface area contributed by atoms with Crippen LogP contribution in [0.5, 0.6) is 5.88 Å². The highest BCUT2D eigenvalue weighted by Crippen LogP contribution is 2.28. The molecule has 2 rings (SSSR count). The minimum atomic E-state index is 0.564. The first-order valence-electron chi connectivity index (χ1n) is 6.09. The number of ether oxygens (including phenoxy) is 1. The summed E-state index contributed by atoms with van der Waals surface area (Å²) in [6.07, 6.45) is 6.67. The van der Waals surface area contributed by atoms with Gasteiger partial charge in [0.15, 0.2) is 0 Å². The Balaban J connectivity index is 2.25. The monoisotopic (exact) mass is 299 g/mol. The van der Waals surface area contributed by atoms with E-state index in [2.05, 4.69) is 37.7 Å². The number of piperidine rings is 1. The summed E-state index contributed by atoms with van der Waals surface area (Å²) in [7, 11) is 1.63. The molecule has 0 saturated carbocycles. The third-order valence-electron chi connectivity index (χ3n) is 3.25. The molecule has 1 fully saturated rings. The Morgan fingerprint density at radius 2 is 2.35 bits per heavy atom. The molecule has 1 aromatic heterocycles. The van der Waals surface area contributed by atoms with Crippen LogP contribution in [-0.2, 0) is 0 Å². The summed E-state index contributed by atoms with van der Waals surface area (Å²) >= 11 is 3.38. The quantitative estimate of drug-likeness (QED) is 0.860. The molecule has 0 aromatic carbocycles. The van der Waals surface area contributed by atoms with Crippen LogP contribution in [-0.4, -0.2) is 29.7 Å². The minimum absolute atomic E-state index is 0.564. The molecule has 17 heavy (non-hydrogen) atoms. The van der Waals surface area contributed by atoms with Crippen molar-refractivity contribution in [3.05, 3.63) is 10.7 Å². The number of aromatic nitrogens is 2. The highest BCUT2D eigenvalue weighted by molar-refractivity contribution is 9.10. The summed E-state index contributed by atoms with van der Waals surface area (Å²) in [4.78, 5) is 11.2. The highest BCUT2D eigenvalue weighted by Gasteiger charge is 2.23. The fourth-order valence-corrected chi connectivity index (χ4v) is 2.67. The van der Waals surface area contributed by atoms with E-state index in [1.165, 1.54) is 19.3 Å². The average molecular weight is 300 g/mol. The molecule has 0 bridgehead atoms. The summed E-state index contributed by atoms with van der Waals surface area (Å²) in [6.45, 7) is 3.27. The number of hydrogen-bond acceptors (Lipinski definition) is 4. The molecule has 1 aliphatic rings. The van der Waals surface area contributed by atoms with Gasteiger partial charge in [-0.3, -0.25) is 0 Å². The normalized spacial score (nSPS) is 20.4. The molecule has 0 N–H and O–H groups in total. The Hall–Kier alpha value is -0.840. The zero-order valence-electron chi connectivity index (χ0n) is 10.3. The maximum atomic E-state index is 5.22. The first-order chi connectivity index (χ1) is 8.26. The molecule has 94 valence electrons. The summed E-state index contributed by atoms with van der Waals surface area (Å²) in [5.74, 6) is 1.40. The standard InChI is InChI=1S/C12H18BrN3O/c1-3-9-6-4-5-7-16(9)12-14-8-10(13)11(15-12)17-2/h8-9H,3-7H2,1-2H3. The number of methoxy groups -OCH3 is 1. The molecule has 0 radical (unpaired) electrons. The van der Waals surface area contributed by atoms with Crippen LogP contribution in [0, 0.1) is 0 Å². The Labute approximate surface area is 111 Å². The van der Waals surface area contributed by atoms with Crippen LogP contribution in [0.4, 0.5) is 5.95 Å². The molecule has 0 aliphatic carbocycles. The second kappa shape index (κ2) is 5.67. The maximum absolute atomic E-state index is 5.22. The molecular formula is C12H18BrN3O. The Bertz CT molecular complexity index is 386. The van der Waals surface area contributed by atoms with E-state index < -0.39 is 0 Å². The molecule has 1 unspecified atom stereocenters. The minimum Gasteiger partial charge on any atom is -0.480 e. The fraction of sp³-hybridized carbons (Fsp3) is 0.667. The van der Waals surface area contributed by atoms with Gasteiger partial charge in [0, 0.05) is 12.6 Å². The third kappa shape index (κ3) is 2.70. The molecule has 0 spiro atoms. The van der Waals surface area contributed by atoms with Crippen molar-refractivity contribution in [1.29, 1.82) is 0 Å². The van der Waals surface area contributed by atoms with E-state index in [1.807, 2.05) is 0 Å². The van der Waals surface area contributed by atoms with Crippen LogP contribution < -0.4 is 9.64 Å². The smallest absolute Gasteiger partial charge is 0.232 e. The van der Waals surface area contributed by atoms with Crippen molar-refractivity contribution >= 4 is 21.9 Å². The molecule has 1 saturated heterocycles. The largest absolute Gasteiger partial charge is 0.480 e. The van der Waals surface area contributed by atoms with E-state index in [4.69, 9.17) is 4.74 Å². The van der Waals surface area contributed by atoms with Crippen LogP contribution in [0.2, 0.25) is 0 Å². The Morgan fingerprint density at radius 3 is 3.06 bits per heavy atom. The van der Waals surface area contributed by atoms with E-state index in [0.717, 1.165) is 23.4 Å². The summed E-state index contributed by atoms with van der Waals surface area (Å²) < 4.78 is 6.02. The lowest BCUT2D eigenvalue weighted by Gasteiger charge is -2.35. The molecule has 4 nitrogen and oxygen atoms in total. The molecule has 1 aliphatic heterocycles. The number of rotatable bonds is 3.